The quantitative estimate of drug-likeness (QED) is 0.223. The first-order valence-electron chi connectivity index (χ1n) is 20.6. The first-order valence-corrected chi connectivity index (χ1v) is 21.0. The third-order valence-electron chi connectivity index (χ3n) is 13.2. The van der Waals surface area contributed by atoms with Crippen LogP contribution in [0.4, 0.5) is 17.2 Å². The molecular formula is C44H46ClN7O6. The summed E-state index contributed by atoms with van der Waals surface area (Å²) in [5, 5.41) is 2.66. The number of Topliss-reactive ketones (excluding diaryl/α,β-unsaturated/α-hetero) is 1. The Morgan fingerprint density at radius 1 is 0.828 bits per heavy atom. The Hall–Kier alpha value is -5.32. The SMILES string of the molecule is [C-]#[N+]c1ccc(OC2CCC([C@H]3Cc4nc(N5CCC(CN6CCN(c7cccc8c7C(=O)N(C7CCC(=O)NC7=O)C8=O)CC6)CC5)ccc4C3=O)CC2)cc1Cl. The van der Waals surface area contributed by atoms with Crippen LogP contribution < -0.4 is 19.9 Å². The molecule has 3 aromatic rings. The molecule has 0 radical (unpaired) electrons. The van der Waals surface area contributed by atoms with E-state index in [2.05, 4.69) is 24.9 Å². The van der Waals surface area contributed by atoms with Gasteiger partial charge in [-0.3, -0.25) is 39.1 Å². The van der Waals surface area contributed by atoms with Crippen LogP contribution in [0.15, 0.2) is 48.5 Å². The van der Waals surface area contributed by atoms with Crippen molar-refractivity contribution in [2.24, 2.45) is 17.8 Å². The first kappa shape index (κ1) is 38.2. The number of nitrogens with zero attached hydrogens (tertiary/aromatic N) is 6. The molecule has 5 heterocycles. The Balaban J connectivity index is 0.743. The first-order chi connectivity index (χ1) is 28.1. The lowest BCUT2D eigenvalue weighted by atomic mass is 9.77. The van der Waals surface area contributed by atoms with Gasteiger partial charge in [-0.2, -0.15) is 0 Å². The lowest BCUT2D eigenvalue weighted by Gasteiger charge is -2.40. The maximum Gasteiger partial charge on any atom is 0.264 e. The van der Waals surface area contributed by atoms with E-state index in [9.17, 15) is 24.0 Å². The molecule has 300 valence electrons. The summed E-state index contributed by atoms with van der Waals surface area (Å²) >= 11 is 6.21. The molecule has 1 unspecified atom stereocenters. The van der Waals surface area contributed by atoms with Crippen molar-refractivity contribution in [1.29, 1.82) is 0 Å². The number of hydrogen-bond acceptors (Lipinski definition) is 10. The number of aromatic nitrogens is 1. The standard InChI is InChI=1S/C44H46ClN7O6/c1-46-34-11-9-29(23-33(34)45)58-28-7-5-27(6-8-28)32-24-35-30(41(32)54)10-13-38(47-35)51-17-15-26(16-18-51)25-49-19-21-50(22-20-49)36-4-2-3-31-40(36)44(57)52(43(31)56)37-12-14-39(53)48-42(37)55/h2-4,9-11,13,23,26-28,32,37H,5-8,12,14-22,24-25H2,(H,48,53,55)/t27?,28?,32-,37?/m1/s1. The Labute approximate surface area is 342 Å². The molecule has 4 amide bonds. The summed E-state index contributed by atoms with van der Waals surface area (Å²) in [5.41, 5.74) is 3.50. The fraction of sp³-hybridized carbons (Fsp3) is 0.477. The number of carbonyl (C=O) groups is 5. The molecule has 2 aromatic carbocycles. The number of hydrogen-bond donors (Lipinski definition) is 1. The third-order valence-corrected chi connectivity index (χ3v) is 13.5. The number of benzene rings is 2. The van der Waals surface area contributed by atoms with E-state index in [4.69, 9.17) is 27.9 Å². The molecule has 4 aliphatic heterocycles. The number of piperidine rings is 2. The van der Waals surface area contributed by atoms with Crippen molar-refractivity contribution in [2.45, 2.75) is 69.9 Å². The van der Waals surface area contributed by atoms with Crippen molar-refractivity contribution in [1.82, 2.24) is 20.1 Å². The number of carbonyl (C=O) groups excluding carboxylic acids is 5. The maximum absolute atomic E-state index is 13.6. The zero-order valence-corrected chi connectivity index (χ0v) is 33.1. The minimum Gasteiger partial charge on any atom is -0.490 e. The zero-order valence-electron chi connectivity index (χ0n) is 32.3. The monoisotopic (exact) mass is 803 g/mol. The van der Waals surface area contributed by atoms with Crippen LogP contribution in [0.5, 0.6) is 5.75 Å². The predicted octanol–water partition coefficient (Wildman–Crippen LogP) is 5.72. The summed E-state index contributed by atoms with van der Waals surface area (Å²) < 4.78 is 6.20. The topological polar surface area (TPSA) is 137 Å². The van der Waals surface area contributed by atoms with Crippen LogP contribution in [0.25, 0.3) is 4.85 Å². The molecule has 2 aliphatic carbocycles. The summed E-state index contributed by atoms with van der Waals surface area (Å²) in [6.07, 6.45) is 6.71. The number of anilines is 2. The van der Waals surface area contributed by atoms with Gasteiger partial charge in [0.05, 0.1) is 40.2 Å². The highest BCUT2D eigenvalue weighted by Gasteiger charge is 2.46. The van der Waals surface area contributed by atoms with E-state index < -0.39 is 29.7 Å². The number of fused-ring (bicyclic) bond motifs is 2. The van der Waals surface area contributed by atoms with Gasteiger partial charge >= 0.3 is 0 Å². The van der Waals surface area contributed by atoms with Gasteiger partial charge in [-0.15, -0.1) is 0 Å². The third kappa shape index (κ3) is 7.21. The minimum absolute atomic E-state index is 0.0318. The van der Waals surface area contributed by atoms with Crippen LogP contribution >= 0.6 is 11.6 Å². The maximum atomic E-state index is 13.6. The van der Waals surface area contributed by atoms with E-state index in [1.807, 2.05) is 18.2 Å². The molecule has 1 aromatic heterocycles. The lowest BCUT2D eigenvalue weighted by molar-refractivity contribution is -0.136. The number of ketones is 1. The zero-order chi connectivity index (χ0) is 40.1. The van der Waals surface area contributed by atoms with E-state index in [0.717, 1.165) is 112 Å². The minimum atomic E-state index is -0.983. The Morgan fingerprint density at radius 3 is 2.33 bits per heavy atom. The van der Waals surface area contributed by atoms with Gasteiger partial charge in [-0.05, 0) is 93.2 Å². The number of piperazine rings is 1. The van der Waals surface area contributed by atoms with Gasteiger partial charge in [0, 0.05) is 70.1 Å². The number of amides is 4. The van der Waals surface area contributed by atoms with E-state index in [1.165, 1.54) is 0 Å². The molecule has 4 fully saturated rings. The second kappa shape index (κ2) is 15.8. The predicted molar refractivity (Wildman–Crippen MR) is 217 cm³/mol. The van der Waals surface area contributed by atoms with Crippen molar-refractivity contribution in [3.63, 3.8) is 0 Å². The van der Waals surface area contributed by atoms with Gasteiger partial charge in [0.1, 0.15) is 17.6 Å². The number of nitrogens with one attached hydrogen (secondary N) is 1. The molecule has 2 atom stereocenters. The molecule has 14 heteroatoms. The van der Waals surface area contributed by atoms with Crippen molar-refractivity contribution < 1.29 is 28.7 Å². The van der Waals surface area contributed by atoms with Crippen LogP contribution in [-0.4, -0.2) is 102 Å². The van der Waals surface area contributed by atoms with Crippen molar-refractivity contribution >= 4 is 58.2 Å². The highest BCUT2D eigenvalue weighted by Crippen LogP contribution is 2.41. The van der Waals surface area contributed by atoms with Crippen LogP contribution in [0.1, 0.15) is 88.1 Å². The second-order valence-corrected chi connectivity index (χ2v) is 17.0. The summed E-state index contributed by atoms with van der Waals surface area (Å²) in [6, 6.07) is 13.6. The van der Waals surface area contributed by atoms with Crippen LogP contribution in [0.2, 0.25) is 5.02 Å². The van der Waals surface area contributed by atoms with Gasteiger partial charge in [-0.25, -0.2) is 9.83 Å². The van der Waals surface area contributed by atoms with Crippen LogP contribution in [0.3, 0.4) is 0 Å². The number of imide groups is 2. The van der Waals surface area contributed by atoms with E-state index in [1.54, 1.807) is 30.3 Å². The average Bonchev–Trinajstić information content (AvgIpc) is 3.70. The number of pyridine rings is 1. The van der Waals surface area contributed by atoms with Gasteiger partial charge in [-0.1, -0.05) is 23.7 Å². The number of rotatable bonds is 8. The fourth-order valence-corrected chi connectivity index (χ4v) is 10.2. The summed E-state index contributed by atoms with van der Waals surface area (Å²) in [7, 11) is 0. The molecule has 13 nitrogen and oxygen atoms in total. The van der Waals surface area contributed by atoms with Gasteiger partial charge in [0.25, 0.3) is 11.8 Å². The molecule has 3 saturated heterocycles. The van der Waals surface area contributed by atoms with Crippen molar-refractivity contribution in [2.75, 3.05) is 55.6 Å². The molecule has 58 heavy (non-hydrogen) atoms. The lowest BCUT2D eigenvalue weighted by Crippen LogP contribution is -2.54. The smallest absolute Gasteiger partial charge is 0.264 e. The van der Waals surface area contributed by atoms with Gasteiger partial charge in [0.2, 0.25) is 17.5 Å². The summed E-state index contributed by atoms with van der Waals surface area (Å²) in [5.74, 6) is 0.750. The van der Waals surface area contributed by atoms with Crippen LogP contribution in [-0.2, 0) is 16.0 Å². The molecule has 1 N–H and O–H groups in total. The van der Waals surface area contributed by atoms with E-state index in [0.29, 0.717) is 45.8 Å². The summed E-state index contributed by atoms with van der Waals surface area (Å²) in [6.45, 7) is 13.1. The normalized spacial score (nSPS) is 25.4. The molecule has 1 saturated carbocycles. The Bertz CT molecular complexity index is 2220. The van der Waals surface area contributed by atoms with Gasteiger partial charge < -0.3 is 14.5 Å². The molecular weight excluding hydrogens is 758 g/mol. The molecule has 0 bridgehead atoms. The van der Waals surface area contributed by atoms with Crippen LogP contribution in [0, 0.1) is 24.3 Å². The van der Waals surface area contributed by atoms with Gasteiger partial charge in [0.15, 0.2) is 5.78 Å². The Morgan fingerprint density at radius 2 is 1.60 bits per heavy atom. The van der Waals surface area contributed by atoms with Crippen molar-refractivity contribution in [3.05, 3.63) is 87.4 Å². The second-order valence-electron chi connectivity index (χ2n) is 16.6. The highest BCUT2D eigenvalue weighted by molar-refractivity contribution is 6.33. The molecule has 0 spiro atoms. The summed E-state index contributed by atoms with van der Waals surface area (Å²) in [4.78, 5) is 81.4. The molecule has 9 rings (SSSR count). The van der Waals surface area contributed by atoms with E-state index >= 15 is 0 Å². The molecule has 6 aliphatic rings. The largest absolute Gasteiger partial charge is 0.490 e. The average molecular weight is 804 g/mol. The number of ether oxygens (including phenoxy) is 1. The highest BCUT2D eigenvalue weighted by atomic mass is 35.5. The van der Waals surface area contributed by atoms with E-state index in [-0.39, 0.29) is 30.6 Å². The number of halogens is 1. The Kier molecular flexibility index (Phi) is 10.4. The fourth-order valence-electron chi connectivity index (χ4n) is 10.0. The van der Waals surface area contributed by atoms with Crippen molar-refractivity contribution in [3.8, 4) is 5.75 Å².